The van der Waals surface area contributed by atoms with Crippen LogP contribution in [0, 0.1) is 0 Å². The van der Waals surface area contributed by atoms with Gasteiger partial charge in [-0.2, -0.15) is 0 Å². The summed E-state index contributed by atoms with van der Waals surface area (Å²) in [6.07, 6.45) is 2.55. The van der Waals surface area contributed by atoms with Crippen molar-refractivity contribution in [2.45, 2.75) is 0 Å². The maximum absolute atomic E-state index is 11.6. The van der Waals surface area contributed by atoms with E-state index in [0.717, 1.165) is 17.0 Å². The third kappa shape index (κ3) is 4.05. The van der Waals surface area contributed by atoms with Gasteiger partial charge >= 0.3 is 5.97 Å². The van der Waals surface area contributed by atoms with E-state index >= 15 is 0 Å². The van der Waals surface area contributed by atoms with Crippen molar-refractivity contribution < 1.29 is 14.7 Å². The summed E-state index contributed by atoms with van der Waals surface area (Å²) in [4.78, 5) is 28.6. The van der Waals surface area contributed by atoms with Gasteiger partial charge in [-0.05, 0) is 42.0 Å². The van der Waals surface area contributed by atoms with Gasteiger partial charge in [-0.15, -0.1) is 0 Å². The van der Waals surface area contributed by atoms with Gasteiger partial charge in [0.15, 0.2) is 0 Å². The van der Waals surface area contributed by atoms with Crippen LogP contribution in [-0.4, -0.2) is 28.5 Å². The van der Waals surface area contributed by atoms with Gasteiger partial charge in [0.1, 0.15) is 12.4 Å². The maximum atomic E-state index is 11.6. The van der Waals surface area contributed by atoms with Crippen LogP contribution < -0.4 is 10.6 Å². The number of carboxylic acid groups (broad SMARTS) is 1. The average Bonchev–Trinajstić information content (AvgIpc) is 2.64. The number of fused-ring (bicyclic) bond motifs is 1. The Hall–Kier alpha value is -3.67. The number of para-hydroxylation sites is 1. The fourth-order valence-electron chi connectivity index (χ4n) is 2.63. The second kappa shape index (κ2) is 7.48. The minimum Gasteiger partial charge on any atom is -0.478 e. The highest BCUT2D eigenvalue weighted by molar-refractivity contribution is 5.87. The van der Waals surface area contributed by atoms with Gasteiger partial charge in [0.2, 0.25) is 5.91 Å². The second-order valence-corrected chi connectivity index (χ2v) is 5.68. The van der Waals surface area contributed by atoms with Crippen LogP contribution in [0.3, 0.4) is 0 Å². The molecule has 0 fully saturated rings. The van der Waals surface area contributed by atoms with Gasteiger partial charge in [-0.25, -0.2) is 9.78 Å². The molecule has 3 N–H and O–H groups in total. The number of carboxylic acids is 1. The topological polar surface area (TPSA) is 96.5 Å². The minimum atomic E-state index is -1.03. The molecule has 0 aliphatic rings. The van der Waals surface area contributed by atoms with Crippen molar-refractivity contribution >= 4 is 40.4 Å². The Morgan fingerprint density at radius 1 is 1.08 bits per heavy atom. The number of hydrogen-bond donors (Lipinski definition) is 2. The molecule has 6 heteroatoms. The molecule has 0 saturated carbocycles. The second-order valence-electron chi connectivity index (χ2n) is 5.68. The fourth-order valence-corrected chi connectivity index (χ4v) is 2.63. The molecule has 3 rings (SSSR count). The molecule has 2 aromatic carbocycles. The smallest absolute Gasteiger partial charge is 0.328 e. The third-order valence-electron chi connectivity index (χ3n) is 3.77. The summed E-state index contributed by atoms with van der Waals surface area (Å²) in [6, 6.07) is 18.6. The molecular formula is C20H17N3O3. The zero-order valence-corrected chi connectivity index (χ0v) is 13.9. The van der Waals surface area contributed by atoms with E-state index in [4.69, 9.17) is 10.8 Å². The summed E-state index contributed by atoms with van der Waals surface area (Å²) in [5, 5.41) is 9.78. The lowest BCUT2D eigenvalue weighted by Crippen LogP contribution is -2.30. The van der Waals surface area contributed by atoms with E-state index < -0.39 is 11.9 Å². The van der Waals surface area contributed by atoms with Crippen LogP contribution in [-0.2, 0) is 9.59 Å². The Kier molecular flexibility index (Phi) is 4.94. The number of nitrogens with two attached hydrogens (primary N) is 1. The van der Waals surface area contributed by atoms with Crippen molar-refractivity contribution in [3.63, 3.8) is 0 Å². The van der Waals surface area contributed by atoms with Crippen LogP contribution >= 0.6 is 0 Å². The number of carbonyl (C=O) groups is 2. The zero-order chi connectivity index (χ0) is 18.5. The first kappa shape index (κ1) is 17.2. The molecule has 0 radical (unpaired) electrons. The number of pyridine rings is 1. The van der Waals surface area contributed by atoms with Gasteiger partial charge in [0, 0.05) is 17.1 Å². The molecule has 0 unspecified atom stereocenters. The Bertz CT molecular complexity index is 998. The summed E-state index contributed by atoms with van der Waals surface area (Å²) in [5.41, 5.74) is 7.61. The molecule has 1 aromatic heterocycles. The van der Waals surface area contributed by atoms with Crippen LogP contribution in [0.4, 0.5) is 11.5 Å². The molecule has 3 aromatic rings. The quantitative estimate of drug-likeness (QED) is 0.668. The number of hydrogen-bond acceptors (Lipinski definition) is 4. The summed E-state index contributed by atoms with van der Waals surface area (Å²) in [6.45, 7) is -0.0442. The number of benzene rings is 2. The number of primary amides is 1. The first-order valence-electron chi connectivity index (χ1n) is 7.95. The van der Waals surface area contributed by atoms with Crippen molar-refractivity contribution in [3.05, 3.63) is 72.3 Å². The van der Waals surface area contributed by atoms with Crippen molar-refractivity contribution in [2.75, 3.05) is 11.4 Å². The summed E-state index contributed by atoms with van der Waals surface area (Å²) in [5.74, 6) is -0.936. The van der Waals surface area contributed by atoms with E-state index in [2.05, 4.69) is 4.98 Å². The Morgan fingerprint density at radius 3 is 2.65 bits per heavy atom. The van der Waals surface area contributed by atoms with E-state index in [9.17, 15) is 9.59 Å². The van der Waals surface area contributed by atoms with E-state index in [1.807, 2.05) is 42.5 Å². The molecule has 26 heavy (non-hydrogen) atoms. The Morgan fingerprint density at radius 2 is 1.88 bits per heavy atom. The number of amides is 1. The van der Waals surface area contributed by atoms with E-state index in [1.165, 1.54) is 6.08 Å². The lowest BCUT2D eigenvalue weighted by atomic mass is 10.1. The summed E-state index contributed by atoms with van der Waals surface area (Å²) < 4.78 is 0. The molecule has 0 aliphatic heterocycles. The third-order valence-corrected chi connectivity index (χ3v) is 3.77. The largest absolute Gasteiger partial charge is 0.478 e. The van der Waals surface area contributed by atoms with Crippen molar-refractivity contribution in [2.24, 2.45) is 5.73 Å². The maximum Gasteiger partial charge on any atom is 0.328 e. The highest BCUT2D eigenvalue weighted by atomic mass is 16.4. The highest BCUT2D eigenvalue weighted by Crippen LogP contribution is 2.26. The van der Waals surface area contributed by atoms with E-state index in [0.29, 0.717) is 17.1 Å². The molecule has 1 heterocycles. The van der Waals surface area contributed by atoms with Gasteiger partial charge in [-0.3, -0.25) is 4.79 Å². The number of aliphatic carboxylic acids is 1. The van der Waals surface area contributed by atoms with Gasteiger partial charge < -0.3 is 15.7 Å². The molecule has 6 nitrogen and oxygen atoms in total. The molecule has 0 saturated heterocycles. The van der Waals surface area contributed by atoms with E-state index in [1.54, 1.807) is 23.1 Å². The number of rotatable bonds is 6. The number of aromatic nitrogens is 1. The minimum absolute atomic E-state index is 0.0442. The molecule has 1 amide bonds. The Balaban J connectivity index is 2.03. The van der Waals surface area contributed by atoms with Crippen LogP contribution in [0.1, 0.15) is 5.56 Å². The SMILES string of the molecule is NC(=O)CN(c1cccc(/C=C/C(=O)O)c1)c1ccc2ccccc2n1. The first-order chi connectivity index (χ1) is 12.5. The van der Waals surface area contributed by atoms with E-state index in [-0.39, 0.29) is 6.54 Å². The number of carbonyl (C=O) groups excluding carboxylic acids is 1. The monoisotopic (exact) mass is 347 g/mol. The van der Waals surface area contributed by atoms with Crippen LogP contribution in [0.5, 0.6) is 0 Å². The predicted molar refractivity (Wildman–Crippen MR) is 101 cm³/mol. The summed E-state index contributed by atoms with van der Waals surface area (Å²) in [7, 11) is 0. The molecule has 130 valence electrons. The lowest BCUT2D eigenvalue weighted by molar-refractivity contribution is -0.131. The number of anilines is 2. The van der Waals surface area contributed by atoms with Gasteiger partial charge in [0.25, 0.3) is 0 Å². The molecule has 0 aliphatic carbocycles. The summed E-state index contributed by atoms with van der Waals surface area (Å²) >= 11 is 0. The molecule has 0 bridgehead atoms. The van der Waals surface area contributed by atoms with Crippen molar-refractivity contribution in [3.8, 4) is 0 Å². The first-order valence-corrected chi connectivity index (χ1v) is 7.95. The highest BCUT2D eigenvalue weighted by Gasteiger charge is 2.14. The average molecular weight is 347 g/mol. The predicted octanol–water partition coefficient (Wildman–Crippen LogP) is 2.96. The molecule has 0 atom stereocenters. The molecular weight excluding hydrogens is 330 g/mol. The fraction of sp³-hybridized carbons (Fsp3) is 0.0500. The van der Waals surface area contributed by atoms with Crippen LogP contribution in [0.25, 0.3) is 17.0 Å². The zero-order valence-electron chi connectivity index (χ0n) is 13.9. The molecule has 0 spiro atoms. The normalized spacial score (nSPS) is 10.9. The Labute approximate surface area is 150 Å². The lowest BCUT2D eigenvalue weighted by Gasteiger charge is -2.23. The van der Waals surface area contributed by atoms with Crippen molar-refractivity contribution in [1.29, 1.82) is 0 Å². The van der Waals surface area contributed by atoms with Gasteiger partial charge in [-0.1, -0.05) is 30.3 Å². The van der Waals surface area contributed by atoms with Crippen molar-refractivity contribution in [1.82, 2.24) is 4.98 Å². The van der Waals surface area contributed by atoms with Gasteiger partial charge in [0.05, 0.1) is 5.52 Å². The van der Waals surface area contributed by atoms with Crippen LogP contribution in [0.2, 0.25) is 0 Å². The number of nitrogens with zero attached hydrogens (tertiary/aromatic N) is 2. The standard InChI is InChI=1S/C20H17N3O3/c21-18(24)13-23(16-6-3-4-14(12-16)8-11-20(25)26)19-10-9-15-5-1-2-7-17(15)22-19/h1-12H,13H2,(H2,21,24)(H,25,26)/b11-8+. The van der Waals surface area contributed by atoms with Crippen LogP contribution in [0.15, 0.2) is 66.7 Å².